The maximum atomic E-state index is 11.0. The van der Waals surface area contributed by atoms with Gasteiger partial charge in [0.05, 0.1) is 5.92 Å². The lowest BCUT2D eigenvalue weighted by Crippen LogP contribution is -2.26. The first-order valence-corrected chi connectivity index (χ1v) is 6.83. The number of benzene rings is 1. The van der Waals surface area contributed by atoms with Crippen LogP contribution in [0, 0.1) is 12.8 Å². The van der Waals surface area contributed by atoms with Gasteiger partial charge in [-0.2, -0.15) is 5.10 Å². The summed E-state index contributed by atoms with van der Waals surface area (Å²) >= 11 is 0. The van der Waals surface area contributed by atoms with Gasteiger partial charge < -0.3 is 5.11 Å². The first-order valence-electron chi connectivity index (χ1n) is 6.83. The van der Waals surface area contributed by atoms with Crippen molar-refractivity contribution in [3.05, 3.63) is 47.0 Å². The van der Waals surface area contributed by atoms with Gasteiger partial charge in [-0.1, -0.05) is 29.8 Å². The van der Waals surface area contributed by atoms with Gasteiger partial charge in [-0.05, 0) is 18.9 Å². The average Bonchev–Trinajstić information content (AvgIpc) is 2.79. The molecule has 1 aromatic heterocycles. The Morgan fingerprint density at radius 1 is 1.50 bits per heavy atom. The average molecular weight is 271 g/mol. The molecule has 1 aliphatic heterocycles. The van der Waals surface area contributed by atoms with E-state index in [1.807, 2.05) is 10.7 Å². The predicted molar refractivity (Wildman–Crippen MR) is 73.5 cm³/mol. The highest BCUT2D eigenvalue weighted by molar-refractivity contribution is 5.70. The van der Waals surface area contributed by atoms with Crippen molar-refractivity contribution in [2.24, 2.45) is 5.92 Å². The van der Waals surface area contributed by atoms with Gasteiger partial charge in [0.15, 0.2) is 5.82 Å². The van der Waals surface area contributed by atoms with Crippen LogP contribution >= 0.6 is 0 Å². The van der Waals surface area contributed by atoms with Crippen molar-refractivity contribution >= 4 is 5.97 Å². The van der Waals surface area contributed by atoms with Gasteiger partial charge in [0.25, 0.3) is 0 Å². The van der Waals surface area contributed by atoms with Gasteiger partial charge in [-0.15, -0.1) is 0 Å². The Bertz CT molecular complexity index is 648. The van der Waals surface area contributed by atoms with E-state index in [0.29, 0.717) is 25.8 Å². The summed E-state index contributed by atoms with van der Waals surface area (Å²) < 4.78 is 1.85. The zero-order valence-corrected chi connectivity index (χ0v) is 11.4. The number of fused-ring (bicyclic) bond motifs is 1. The molecule has 0 spiro atoms. The molecule has 1 N–H and O–H groups in total. The third-order valence-corrected chi connectivity index (χ3v) is 3.70. The van der Waals surface area contributed by atoms with Gasteiger partial charge in [0, 0.05) is 19.4 Å². The van der Waals surface area contributed by atoms with Crippen molar-refractivity contribution in [3.8, 4) is 0 Å². The largest absolute Gasteiger partial charge is 0.481 e. The fourth-order valence-corrected chi connectivity index (χ4v) is 2.65. The summed E-state index contributed by atoms with van der Waals surface area (Å²) in [5.41, 5.74) is 2.40. The molecular weight excluding hydrogens is 254 g/mol. The Hall–Kier alpha value is -2.17. The van der Waals surface area contributed by atoms with Gasteiger partial charge in [-0.3, -0.25) is 4.79 Å². The van der Waals surface area contributed by atoms with E-state index in [1.54, 1.807) is 0 Å². The minimum absolute atomic E-state index is 0.321. The van der Waals surface area contributed by atoms with E-state index in [0.717, 1.165) is 11.6 Å². The second-order valence-electron chi connectivity index (χ2n) is 5.36. The Labute approximate surface area is 117 Å². The molecule has 0 radical (unpaired) electrons. The molecule has 0 amide bonds. The maximum absolute atomic E-state index is 11.0. The van der Waals surface area contributed by atoms with Crippen molar-refractivity contribution in [1.82, 2.24) is 14.8 Å². The lowest BCUT2D eigenvalue weighted by atomic mass is 9.98. The van der Waals surface area contributed by atoms with E-state index in [4.69, 9.17) is 5.11 Å². The lowest BCUT2D eigenvalue weighted by Gasteiger charge is -2.17. The molecule has 0 saturated heterocycles. The van der Waals surface area contributed by atoms with Crippen molar-refractivity contribution in [2.75, 3.05) is 0 Å². The Balaban J connectivity index is 1.79. The maximum Gasteiger partial charge on any atom is 0.307 e. The van der Waals surface area contributed by atoms with Crippen molar-refractivity contribution in [1.29, 1.82) is 0 Å². The number of rotatable bonds is 3. The summed E-state index contributed by atoms with van der Waals surface area (Å²) in [6.45, 7) is 2.71. The van der Waals surface area contributed by atoms with Crippen LogP contribution in [0.5, 0.6) is 0 Å². The van der Waals surface area contributed by atoms with Crippen LogP contribution in [-0.2, 0) is 24.2 Å². The number of carbonyl (C=O) groups is 1. The monoisotopic (exact) mass is 271 g/mol. The minimum Gasteiger partial charge on any atom is -0.481 e. The molecule has 0 bridgehead atoms. The molecular formula is C15H17N3O2. The van der Waals surface area contributed by atoms with Crippen molar-refractivity contribution in [3.63, 3.8) is 0 Å². The number of hydrogen-bond donors (Lipinski definition) is 1. The summed E-state index contributed by atoms with van der Waals surface area (Å²) in [5.74, 6) is 0.515. The summed E-state index contributed by atoms with van der Waals surface area (Å²) in [7, 11) is 0. The lowest BCUT2D eigenvalue weighted by molar-refractivity contribution is -0.142. The van der Waals surface area contributed by atoms with Gasteiger partial charge in [-0.25, -0.2) is 9.67 Å². The molecule has 3 rings (SSSR count). The number of nitrogens with zero attached hydrogens (tertiary/aromatic N) is 3. The topological polar surface area (TPSA) is 68.0 Å². The third kappa shape index (κ3) is 2.57. The molecule has 0 saturated carbocycles. The summed E-state index contributed by atoms with van der Waals surface area (Å²) in [4.78, 5) is 15.5. The molecule has 0 aliphatic carbocycles. The molecule has 1 aromatic carbocycles. The van der Waals surface area contributed by atoms with E-state index >= 15 is 0 Å². The summed E-state index contributed by atoms with van der Waals surface area (Å²) in [5, 5.41) is 13.6. The Kier molecular flexibility index (Phi) is 3.26. The molecule has 104 valence electrons. The van der Waals surface area contributed by atoms with Crippen LogP contribution in [0.15, 0.2) is 24.3 Å². The van der Waals surface area contributed by atoms with Crippen LogP contribution in [-0.4, -0.2) is 25.8 Å². The Morgan fingerprint density at radius 3 is 3.10 bits per heavy atom. The highest BCUT2D eigenvalue weighted by Crippen LogP contribution is 2.20. The van der Waals surface area contributed by atoms with Crippen LogP contribution in [0.2, 0.25) is 0 Å². The van der Waals surface area contributed by atoms with E-state index in [1.165, 1.54) is 11.1 Å². The smallest absolute Gasteiger partial charge is 0.307 e. The molecule has 1 aliphatic rings. The molecule has 1 atom stereocenters. The molecule has 20 heavy (non-hydrogen) atoms. The third-order valence-electron chi connectivity index (χ3n) is 3.70. The highest BCUT2D eigenvalue weighted by Gasteiger charge is 2.26. The number of aliphatic carboxylic acids is 1. The van der Waals surface area contributed by atoms with Gasteiger partial charge >= 0.3 is 5.97 Å². The standard InChI is InChI=1S/C15H17N3O2/c1-10-3-2-4-11(7-10)8-13-16-14-9-12(15(19)20)5-6-18(14)17-13/h2-4,7,12H,5-6,8-9H2,1H3,(H,19,20). The number of aryl methyl sites for hydroxylation is 2. The summed E-state index contributed by atoms with van der Waals surface area (Å²) in [6, 6.07) is 8.28. The quantitative estimate of drug-likeness (QED) is 0.924. The number of aromatic nitrogens is 3. The van der Waals surface area contributed by atoms with Crippen LogP contribution in [0.4, 0.5) is 0 Å². The van der Waals surface area contributed by atoms with E-state index in [-0.39, 0.29) is 5.92 Å². The first-order chi connectivity index (χ1) is 9.61. The van der Waals surface area contributed by atoms with Crippen molar-refractivity contribution in [2.45, 2.75) is 32.7 Å². The van der Waals surface area contributed by atoms with Gasteiger partial charge in [0.1, 0.15) is 5.82 Å². The number of carboxylic acids is 1. The zero-order chi connectivity index (χ0) is 14.1. The number of hydrogen-bond acceptors (Lipinski definition) is 3. The molecule has 2 heterocycles. The minimum atomic E-state index is -0.737. The molecule has 2 aromatic rings. The highest BCUT2D eigenvalue weighted by atomic mass is 16.4. The normalized spacial score (nSPS) is 17.8. The number of carboxylic acid groups (broad SMARTS) is 1. The van der Waals surface area contributed by atoms with Crippen LogP contribution in [0.3, 0.4) is 0 Å². The molecule has 1 unspecified atom stereocenters. The SMILES string of the molecule is Cc1cccc(Cc2nc3n(n2)CCC(C(=O)O)C3)c1. The predicted octanol–water partition coefficient (Wildman–Crippen LogP) is 1.82. The molecule has 5 nitrogen and oxygen atoms in total. The summed E-state index contributed by atoms with van der Waals surface area (Å²) in [6.07, 6.45) is 1.81. The molecule has 5 heteroatoms. The van der Waals surface area contributed by atoms with Crippen LogP contribution < -0.4 is 0 Å². The molecule has 0 fully saturated rings. The van der Waals surface area contributed by atoms with Crippen LogP contribution in [0.25, 0.3) is 0 Å². The fraction of sp³-hybridized carbons (Fsp3) is 0.400. The van der Waals surface area contributed by atoms with E-state index < -0.39 is 5.97 Å². The van der Waals surface area contributed by atoms with Crippen LogP contribution in [0.1, 0.15) is 29.2 Å². The fourth-order valence-electron chi connectivity index (χ4n) is 2.65. The zero-order valence-electron chi connectivity index (χ0n) is 11.4. The first kappa shape index (κ1) is 12.8. The van der Waals surface area contributed by atoms with E-state index in [2.05, 4.69) is 35.2 Å². The van der Waals surface area contributed by atoms with Gasteiger partial charge in [0.2, 0.25) is 0 Å². The Morgan fingerprint density at radius 2 is 2.35 bits per heavy atom. The second kappa shape index (κ2) is 5.07. The van der Waals surface area contributed by atoms with Crippen molar-refractivity contribution < 1.29 is 9.90 Å². The van der Waals surface area contributed by atoms with E-state index in [9.17, 15) is 4.79 Å². The second-order valence-corrected chi connectivity index (χ2v) is 5.36.